The summed E-state index contributed by atoms with van der Waals surface area (Å²) in [7, 11) is 1.43. The quantitative estimate of drug-likeness (QED) is 0.563. The molecule has 4 heteroatoms. The van der Waals surface area contributed by atoms with Crippen molar-refractivity contribution in [2.24, 2.45) is 5.16 Å². The van der Waals surface area contributed by atoms with Crippen molar-refractivity contribution >= 4 is 12.2 Å². The van der Waals surface area contributed by atoms with Gasteiger partial charge in [0.05, 0.1) is 11.8 Å². The Kier molecular flexibility index (Phi) is 3.03. The minimum atomic E-state index is -0.951. The van der Waals surface area contributed by atoms with Crippen LogP contribution < -0.4 is 0 Å². The van der Waals surface area contributed by atoms with Crippen molar-refractivity contribution in [3.05, 3.63) is 35.4 Å². The summed E-state index contributed by atoms with van der Waals surface area (Å²) in [4.78, 5) is 15.0. The first kappa shape index (κ1) is 9.25. The number of aromatic carboxylic acids is 1. The van der Waals surface area contributed by atoms with E-state index in [1.165, 1.54) is 25.5 Å². The number of hydrogen-bond acceptors (Lipinski definition) is 3. The molecule has 0 unspecified atom stereocenters. The molecule has 0 spiro atoms. The number of nitrogens with zero attached hydrogens (tertiary/aromatic N) is 1. The maximum atomic E-state index is 10.6. The van der Waals surface area contributed by atoms with Crippen LogP contribution in [0.5, 0.6) is 0 Å². The van der Waals surface area contributed by atoms with E-state index in [-0.39, 0.29) is 5.56 Å². The van der Waals surface area contributed by atoms with Gasteiger partial charge < -0.3 is 9.94 Å². The summed E-state index contributed by atoms with van der Waals surface area (Å²) < 4.78 is 0. The lowest BCUT2D eigenvalue weighted by atomic mass is 10.1. The molecule has 1 aromatic carbocycles. The van der Waals surface area contributed by atoms with E-state index >= 15 is 0 Å². The third-order valence-corrected chi connectivity index (χ3v) is 1.44. The van der Waals surface area contributed by atoms with Gasteiger partial charge in [-0.2, -0.15) is 0 Å². The van der Waals surface area contributed by atoms with Crippen LogP contribution in [0.1, 0.15) is 15.9 Å². The fourth-order valence-corrected chi connectivity index (χ4v) is 0.866. The van der Waals surface area contributed by atoms with Gasteiger partial charge in [-0.1, -0.05) is 17.3 Å². The number of carboxylic acid groups (broad SMARTS) is 1. The first-order chi connectivity index (χ1) is 6.24. The van der Waals surface area contributed by atoms with Crippen LogP contribution in [0.4, 0.5) is 0 Å². The maximum Gasteiger partial charge on any atom is 0.335 e. The average Bonchev–Trinajstić information content (AvgIpc) is 2.15. The Morgan fingerprint density at radius 3 is 3.00 bits per heavy atom. The zero-order valence-electron chi connectivity index (χ0n) is 7.10. The summed E-state index contributed by atoms with van der Waals surface area (Å²) in [6.07, 6.45) is 1.45. The van der Waals surface area contributed by atoms with Crippen LogP contribution in [0.15, 0.2) is 29.4 Å². The number of hydrogen-bond donors (Lipinski definition) is 1. The molecule has 0 heterocycles. The van der Waals surface area contributed by atoms with Crippen molar-refractivity contribution in [1.29, 1.82) is 0 Å². The summed E-state index contributed by atoms with van der Waals surface area (Å²) in [6, 6.07) is 6.44. The normalized spacial score (nSPS) is 10.2. The van der Waals surface area contributed by atoms with Crippen LogP contribution in [0.3, 0.4) is 0 Å². The Balaban J connectivity index is 2.92. The Bertz CT molecular complexity index is 333. The summed E-state index contributed by atoms with van der Waals surface area (Å²) in [5, 5.41) is 12.2. The highest BCUT2D eigenvalue weighted by Gasteiger charge is 2.01. The molecule has 0 saturated carbocycles. The first-order valence-electron chi connectivity index (χ1n) is 3.64. The van der Waals surface area contributed by atoms with Gasteiger partial charge in [-0.05, 0) is 17.7 Å². The zero-order valence-corrected chi connectivity index (χ0v) is 7.10. The van der Waals surface area contributed by atoms with E-state index in [2.05, 4.69) is 9.99 Å². The molecule has 0 radical (unpaired) electrons. The second-order valence-electron chi connectivity index (χ2n) is 2.35. The summed E-state index contributed by atoms with van der Waals surface area (Å²) >= 11 is 0. The van der Waals surface area contributed by atoms with E-state index in [4.69, 9.17) is 5.11 Å². The fraction of sp³-hybridized carbons (Fsp3) is 0.111. The zero-order chi connectivity index (χ0) is 9.68. The summed E-state index contributed by atoms with van der Waals surface area (Å²) in [5.74, 6) is -0.951. The molecular weight excluding hydrogens is 170 g/mol. The van der Waals surface area contributed by atoms with Crippen LogP contribution in [0.2, 0.25) is 0 Å². The predicted molar refractivity (Wildman–Crippen MR) is 48.0 cm³/mol. The summed E-state index contributed by atoms with van der Waals surface area (Å²) in [6.45, 7) is 0. The molecule has 0 bridgehead atoms. The van der Waals surface area contributed by atoms with Crippen molar-refractivity contribution in [3.63, 3.8) is 0 Å². The predicted octanol–water partition coefficient (Wildman–Crippen LogP) is 1.37. The first-order valence-corrected chi connectivity index (χ1v) is 3.64. The van der Waals surface area contributed by atoms with E-state index in [1.807, 2.05) is 0 Å². The SMILES string of the molecule is CON=Cc1cccc(C(=O)O)c1. The van der Waals surface area contributed by atoms with E-state index in [9.17, 15) is 4.79 Å². The van der Waals surface area contributed by atoms with Crippen LogP contribution in [-0.2, 0) is 4.84 Å². The molecule has 0 atom stereocenters. The van der Waals surface area contributed by atoms with Gasteiger partial charge in [0.1, 0.15) is 7.11 Å². The van der Waals surface area contributed by atoms with Crippen molar-refractivity contribution < 1.29 is 14.7 Å². The highest BCUT2D eigenvalue weighted by molar-refractivity contribution is 5.90. The molecule has 0 aliphatic rings. The van der Waals surface area contributed by atoms with Crippen molar-refractivity contribution in [1.82, 2.24) is 0 Å². The summed E-state index contributed by atoms with van der Waals surface area (Å²) in [5.41, 5.74) is 0.932. The molecule has 0 aliphatic carbocycles. The van der Waals surface area contributed by atoms with Crippen LogP contribution in [0.25, 0.3) is 0 Å². The van der Waals surface area contributed by atoms with Crippen molar-refractivity contribution in [2.75, 3.05) is 7.11 Å². The number of carboxylic acids is 1. The number of carbonyl (C=O) groups is 1. The largest absolute Gasteiger partial charge is 0.478 e. The lowest BCUT2D eigenvalue weighted by Crippen LogP contribution is -1.96. The number of rotatable bonds is 3. The Morgan fingerprint density at radius 1 is 1.62 bits per heavy atom. The molecule has 4 nitrogen and oxygen atoms in total. The minimum absolute atomic E-state index is 0.236. The van der Waals surface area contributed by atoms with Gasteiger partial charge in [0, 0.05) is 0 Å². The van der Waals surface area contributed by atoms with Gasteiger partial charge in [-0.3, -0.25) is 0 Å². The number of benzene rings is 1. The number of oxime groups is 1. The Morgan fingerprint density at radius 2 is 2.38 bits per heavy atom. The second kappa shape index (κ2) is 4.25. The topological polar surface area (TPSA) is 58.9 Å². The average molecular weight is 179 g/mol. The molecule has 1 N–H and O–H groups in total. The van der Waals surface area contributed by atoms with Gasteiger partial charge in [0.25, 0.3) is 0 Å². The van der Waals surface area contributed by atoms with E-state index < -0.39 is 5.97 Å². The van der Waals surface area contributed by atoms with Gasteiger partial charge in [-0.25, -0.2) is 4.79 Å². The molecule has 0 amide bonds. The lowest BCUT2D eigenvalue weighted by molar-refractivity contribution is 0.0697. The monoisotopic (exact) mass is 179 g/mol. The minimum Gasteiger partial charge on any atom is -0.478 e. The lowest BCUT2D eigenvalue weighted by Gasteiger charge is -1.95. The highest BCUT2D eigenvalue weighted by Crippen LogP contribution is 2.02. The Labute approximate surface area is 75.4 Å². The smallest absolute Gasteiger partial charge is 0.335 e. The highest BCUT2D eigenvalue weighted by atomic mass is 16.6. The maximum absolute atomic E-state index is 10.6. The fourth-order valence-electron chi connectivity index (χ4n) is 0.866. The standard InChI is InChI=1S/C9H9NO3/c1-13-10-6-7-3-2-4-8(5-7)9(11)12/h2-6H,1H3,(H,11,12). The Hall–Kier alpha value is -1.84. The van der Waals surface area contributed by atoms with Gasteiger partial charge in [0.15, 0.2) is 0 Å². The molecule has 0 aliphatic heterocycles. The molecule has 1 rings (SSSR count). The van der Waals surface area contributed by atoms with Crippen LogP contribution in [0, 0.1) is 0 Å². The molecule has 68 valence electrons. The van der Waals surface area contributed by atoms with Gasteiger partial charge >= 0.3 is 5.97 Å². The van der Waals surface area contributed by atoms with Crippen molar-refractivity contribution in [3.8, 4) is 0 Å². The van der Waals surface area contributed by atoms with Crippen molar-refractivity contribution in [2.45, 2.75) is 0 Å². The van der Waals surface area contributed by atoms with Crippen LogP contribution in [-0.4, -0.2) is 24.4 Å². The van der Waals surface area contributed by atoms with E-state index in [0.29, 0.717) is 5.56 Å². The van der Waals surface area contributed by atoms with Crippen LogP contribution >= 0.6 is 0 Å². The molecule has 0 fully saturated rings. The molecule has 13 heavy (non-hydrogen) atoms. The van der Waals surface area contributed by atoms with Gasteiger partial charge in [0.2, 0.25) is 0 Å². The van der Waals surface area contributed by atoms with Gasteiger partial charge in [-0.15, -0.1) is 0 Å². The molecule has 0 saturated heterocycles. The van der Waals surface area contributed by atoms with E-state index in [1.54, 1.807) is 12.1 Å². The second-order valence-corrected chi connectivity index (χ2v) is 2.35. The molecular formula is C9H9NO3. The third-order valence-electron chi connectivity index (χ3n) is 1.44. The molecule has 1 aromatic rings. The third kappa shape index (κ3) is 2.59. The molecule has 0 aromatic heterocycles. The van der Waals surface area contributed by atoms with E-state index in [0.717, 1.165) is 0 Å².